The van der Waals surface area contributed by atoms with Gasteiger partial charge in [0.2, 0.25) is 0 Å². The third-order valence-corrected chi connectivity index (χ3v) is 4.12. The van der Waals surface area contributed by atoms with Gasteiger partial charge in [0.1, 0.15) is 10.7 Å². The first-order valence-corrected chi connectivity index (χ1v) is 8.50. The van der Waals surface area contributed by atoms with Gasteiger partial charge in [0.05, 0.1) is 22.5 Å². The summed E-state index contributed by atoms with van der Waals surface area (Å²) in [7, 11) is 0. The Balaban J connectivity index is 2.17. The van der Waals surface area contributed by atoms with E-state index in [9.17, 15) is 19.7 Å². The third kappa shape index (κ3) is 3.83. The molecule has 0 amide bonds. The molecule has 0 aliphatic heterocycles. The second kappa shape index (κ2) is 7.10. The van der Waals surface area contributed by atoms with E-state index >= 15 is 0 Å². The number of H-pyrrole nitrogens is 3. The molecule has 0 fully saturated rings. The fourth-order valence-electron chi connectivity index (χ4n) is 2.78. The summed E-state index contributed by atoms with van der Waals surface area (Å²) >= 11 is 0. The first-order valence-electron chi connectivity index (χ1n) is 8.50. The maximum atomic E-state index is 12.4. The van der Waals surface area contributed by atoms with Crippen LogP contribution in [0, 0.1) is 10.1 Å². The smallest absolute Gasteiger partial charge is 0.276 e. The van der Waals surface area contributed by atoms with E-state index in [4.69, 9.17) is 0 Å². The van der Waals surface area contributed by atoms with Crippen LogP contribution in [0.2, 0.25) is 0 Å². The molecule has 0 radical (unpaired) electrons. The van der Waals surface area contributed by atoms with Gasteiger partial charge in [0, 0.05) is 17.2 Å². The van der Waals surface area contributed by atoms with Gasteiger partial charge in [-0.05, 0) is 18.2 Å². The molecule has 0 aliphatic rings. The lowest BCUT2D eigenvalue weighted by Crippen LogP contribution is -2.46. The Morgan fingerprint density at radius 2 is 1.64 bits per heavy atom. The van der Waals surface area contributed by atoms with E-state index in [1.54, 1.807) is 6.07 Å². The summed E-state index contributed by atoms with van der Waals surface area (Å²) < 4.78 is 0. The number of aromatic nitrogens is 4. The van der Waals surface area contributed by atoms with Crippen molar-refractivity contribution in [2.75, 3.05) is 0 Å². The Bertz CT molecular complexity index is 1270. The molecule has 28 heavy (non-hydrogen) atoms. The molecular formula is C19H19N5O4. The van der Waals surface area contributed by atoms with Crippen LogP contribution in [-0.4, -0.2) is 24.9 Å². The van der Waals surface area contributed by atoms with Crippen molar-refractivity contribution in [2.45, 2.75) is 26.2 Å². The van der Waals surface area contributed by atoms with E-state index in [1.165, 1.54) is 36.7 Å². The van der Waals surface area contributed by atoms with Crippen LogP contribution < -0.4 is 21.8 Å². The maximum Gasteiger partial charge on any atom is 0.276 e. The second-order valence-corrected chi connectivity index (χ2v) is 7.25. The molecule has 3 aromatic rings. The van der Waals surface area contributed by atoms with Crippen LogP contribution in [0.25, 0.3) is 12.2 Å². The Labute approximate surface area is 158 Å². The molecule has 1 aromatic carbocycles. The number of nitrogens with zero attached hydrogens (tertiary/aromatic N) is 2. The lowest BCUT2D eigenvalue weighted by molar-refractivity contribution is -0.385. The van der Waals surface area contributed by atoms with Crippen LogP contribution in [-0.2, 0) is 5.41 Å². The van der Waals surface area contributed by atoms with Crippen LogP contribution in [0.4, 0.5) is 5.69 Å². The molecule has 0 atom stereocenters. The number of para-hydroxylation sites is 1. The SMILES string of the molecule is CC(C)(C)c1[nH]cnc1/C=c1/[nH]c(=O)/c(=C\c2ccccc2[N+](=O)[O-])[nH]c1=O. The molecule has 2 heterocycles. The van der Waals surface area contributed by atoms with Gasteiger partial charge in [0.25, 0.3) is 16.8 Å². The molecule has 0 saturated heterocycles. The number of imidazole rings is 1. The van der Waals surface area contributed by atoms with Gasteiger partial charge in [-0.25, -0.2) is 4.98 Å². The Morgan fingerprint density at radius 3 is 2.25 bits per heavy atom. The van der Waals surface area contributed by atoms with Gasteiger partial charge < -0.3 is 15.0 Å². The zero-order valence-corrected chi connectivity index (χ0v) is 15.6. The molecule has 0 spiro atoms. The highest BCUT2D eigenvalue weighted by Gasteiger charge is 2.19. The minimum Gasteiger partial charge on any atom is -0.348 e. The van der Waals surface area contributed by atoms with E-state index in [0.717, 1.165) is 5.69 Å². The molecular weight excluding hydrogens is 362 g/mol. The standard InChI is InChI=1S/C19H19N5O4/c1-19(2,3)16-12(20-10-21-16)9-14-18(26)22-13(17(25)23-14)8-11-6-4-5-7-15(11)24(27)28/h4-10H,1-3H3,(H,20,21)(H,22,26)(H,23,25)/b13-8+,14-9+. The van der Waals surface area contributed by atoms with Crippen LogP contribution in [0.3, 0.4) is 0 Å². The van der Waals surface area contributed by atoms with Crippen LogP contribution in [0.1, 0.15) is 37.7 Å². The van der Waals surface area contributed by atoms with Crippen molar-refractivity contribution in [2.24, 2.45) is 0 Å². The van der Waals surface area contributed by atoms with Gasteiger partial charge in [-0.1, -0.05) is 32.9 Å². The summed E-state index contributed by atoms with van der Waals surface area (Å²) in [4.78, 5) is 47.7. The molecule has 9 heteroatoms. The molecule has 3 N–H and O–H groups in total. The number of rotatable bonds is 3. The number of nitro benzene ring substituents is 1. The van der Waals surface area contributed by atoms with Crippen LogP contribution >= 0.6 is 0 Å². The number of benzene rings is 1. The van der Waals surface area contributed by atoms with Gasteiger partial charge in [-0.2, -0.15) is 0 Å². The quantitative estimate of drug-likeness (QED) is 0.452. The zero-order chi connectivity index (χ0) is 20.5. The Hall–Kier alpha value is -3.75. The molecule has 0 bridgehead atoms. The Morgan fingerprint density at radius 1 is 1.04 bits per heavy atom. The highest BCUT2D eigenvalue weighted by molar-refractivity contribution is 5.59. The summed E-state index contributed by atoms with van der Waals surface area (Å²) in [5.41, 5.74) is 0.0870. The third-order valence-electron chi connectivity index (χ3n) is 4.12. The summed E-state index contributed by atoms with van der Waals surface area (Å²) in [5, 5.41) is 11.1. The normalized spacial score (nSPS) is 13.1. The van der Waals surface area contributed by atoms with Crippen molar-refractivity contribution in [1.29, 1.82) is 0 Å². The molecule has 0 saturated carbocycles. The van der Waals surface area contributed by atoms with Crippen LogP contribution in [0.5, 0.6) is 0 Å². The van der Waals surface area contributed by atoms with E-state index < -0.39 is 16.0 Å². The molecule has 2 aromatic heterocycles. The summed E-state index contributed by atoms with van der Waals surface area (Å²) in [6, 6.07) is 5.96. The molecule has 9 nitrogen and oxygen atoms in total. The van der Waals surface area contributed by atoms with Crippen LogP contribution in [0.15, 0.2) is 40.2 Å². The lowest BCUT2D eigenvalue weighted by atomic mass is 9.90. The average molecular weight is 381 g/mol. The number of hydrogen-bond donors (Lipinski definition) is 3. The van der Waals surface area contributed by atoms with E-state index in [2.05, 4.69) is 19.9 Å². The average Bonchev–Trinajstić information content (AvgIpc) is 3.08. The molecule has 144 valence electrons. The van der Waals surface area contributed by atoms with E-state index in [-0.39, 0.29) is 27.4 Å². The highest BCUT2D eigenvalue weighted by atomic mass is 16.6. The second-order valence-electron chi connectivity index (χ2n) is 7.25. The first kappa shape index (κ1) is 19.0. The highest BCUT2D eigenvalue weighted by Crippen LogP contribution is 2.22. The van der Waals surface area contributed by atoms with Crippen molar-refractivity contribution < 1.29 is 4.92 Å². The zero-order valence-electron chi connectivity index (χ0n) is 15.6. The summed E-state index contributed by atoms with van der Waals surface area (Å²) in [6.45, 7) is 5.99. The minimum absolute atomic E-state index is 0.0438. The van der Waals surface area contributed by atoms with Crippen molar-refractivity contribution >= 4 is 17.8 Å². The summed E-state index contributed by atoms with van der Waals surface area (Å²) in [6.07, 6.45) is 4.29. The maximum absolute atomic E-state index is 12.4. The Kier molecular flexibility index (Phi) is 4.83. The first-order chi connectivity index (χ1) is 13.2. The number of aromatic amines is 3. The minimum atomic E-state index is -0.572. The van der Waals surface area contributed by atoms with Crippen molar-refractivity contribution in [3.63, 3.8) is 0 Å². The van der Waals surface area contributed by atoms with Crippen molar-refractivity contribution in [3.8, 4) is 0 Å². The summed E-state index contributed by atoms with van der Waals surface area (Å²) in [5.74, 6) is 0. The fraction of sp³-hybridized carbons (Fsp3) is 0.211. The topological polar surface area (TPSA) is 138 Å². The largest absolute Gasteiger partial charge is 0.348 e. The van der Waals surface area contributed by atoms with Gasteiger partial charge in [0.15, 0.2) is 0 Å². The van der Waals surface area contributed by atoms with E-state index in [0.29, 0.717) is 5.69 Å². The molecule has 0 unspecified atom stereocenters. The number of nitro groups is 1. The predicted molar refractivity (Wildman–Crippen MR) is 104 cm³/mol. The van der Waals surface area contributed by atoms with E-state index in [1.807, 2.05) is 20.8 Å². The van der Waals surface area contributed by atoms with Gasteiger partial charge in [-0.3, -0.25) is 19.7 Å². The molecule has 0 aliphatic carbocycles. The number of hydrogen-bond acceptors (Lipinski definition) is 5. The van der Waals surface area contributed by atoms with Gasteiger partial charge >= 0.3 is 0 Å². The fourth-order valence-corrected chi connectivity index (χ4v) is 2.78. The number of nitrogens with one attached hydrogen (secondary N) is 3. The van der Waals surface area contributed by atoms with Crippen molar-refractivity contribution in [3.05, 3.63) is 89.1 Å². The monoisotopic (exact) mass is 381 g/mol. The van der Waals surface area contributed by atoms with Crippen molar-refractivity contribution in [1.82, 2.24) is 19.9 Å². The molecule has 3 rings (SSSR count). The lowest BCUT2D eigenvalue weighted by Gasteiger charge is -2.16. The predicted octanol–water partition coefficient (Wildman–Crippen LogP) is 0.650. The van der Waals surface area contributed by atoms with Gasteiger partial charge in [-0.15, -0.1) is 0 Å².